The molecule has 1 fully saturated rings. The summed E-state index contributed by atoms with van der Waals surface area (Å²) in [6, 6.07) is 3.77. The Hall–Kier alpha value is -2.86. The van der Waals surface area contributed by atoms with Gasteiger partial charge in [0, 0.05) is 25.3 Å². The second-order valence-corrected chi connectivity index (χ2v) is 12.1. The van der Waals surface area contributed by atoms with E-state index in [9.17, 15) is 25.0 Å². The monoisotopic (exact) mass is 561 g/mol. The van der Waals surface area contributed by atoms with Crippen LogP contribution in [0.15, 0.2) is 24.0 Å². The van der Waals surface area contributed by atoms with Crippen molar-refractivity contribution in [1.29, 1.82) is 0 Å². The molecule has 0 bridgehead atoms. The molecule has 11 heteroatoms. The minimum atomic E-state index is -2.20. The van der Waals surface area contributed by atoms with E-state index in [1.54, 1.807) is 13.8 Å². The van der Waals surface area contributed by atoms with E-state index in [1.165, 1.54) is 14.2 Å². The van der Waals surface area contributed by atoms with Gasteiger partial charge in [-0.1, -0.05) is 0 Å². The molecule has 1 aliphatic carbocycles. The molecule has 2 N–H and O–H groups in total. The normalized spacial score (nSPS) is 29.8. The third-order valence-electron chi connectivity index (χ3n) is 8.97. The number of fused-ring (bicyclic) bond motifs is 3. The summed E-state index contributed by atoms with van der Waals surface area (Å²) >= 11 is 0. The number of carbonyl (C=O) groups excluding carboxylic acids is 2. The molecule has 5 atom stereocenters. The Morgan fingerprint density at radius 3 is 2.55 bits per heavy atom. The van der Waals surface area contributed by atoms with Crippen LogP contribution in [-0.4, -0.2) is 83.7 Å². The number of quaternary nitrogens is 1. The van der Waals surface area contributed by atoms with Gasteiger partial charge in [-0.2, -0.15) is 0 Å². The topological polar surface area (TPSA) is 144 Å². The standard InChI is InChI=1S/C29H39NO10/c1-27(2,33)8-5-10-29(34,16-23(31)37-4)26(32)40-25-22(36-3)15-28-9-6-11-30(28,35)12-7-18-13-20-21(39-17-38-20)14-19(18)24(25)28/h13-15,24-25,33-34H,5-12,16-17H2,1-4H3/t24-,25-,28+,29-,30+/m1/s1. The van der Waals surface area contributed by atoms with Crippen LogP contribution < -0.4 is 9.47 Å². The summed E-state index contributed by atoms with van der Waals surface area (Å²) in [7, 11) is 2.64. The average Bonchev–Trinajstić information content (AvgIpc) is 3.55. The van der Waals surface area contributed by atoms with Crippen molar-refractivity contribution in [2.75, 3.05) is 34.1 Å². The second kappa shape index (κ2) is 10.2. The van der Waals surface area contributed by atoms with Crippen LogP contribution >= 0.6 is 0 Å². The van der Waals surface area contributed by atoms with Crippen LogP contribution in [0.5, 0.6) is 11.5 Å². The number of benzene rings is 1. The number of hydrogen-bond donors (Lipinski definition) is 2. The van der Waals surface area contributed by atoms with Gasteiger partial charge in [0.2, 0.25) is 6.79 Å². The summed E-state index contributed by atoms with van der Waals surface area (Å²) in [5.74, 6) is -0.877. The van der Waals surface area contributed by atoms with E-state index >= 15 is 0 Å². The first-order valence-electron chi connectivity index (χ1n) is 13.8. The SMILES string of the molecule is COC(=O)C[C@](O)(CCCC(C)(C)O)C(=O)O[C@@H]1C(OC)=C[C@]23CCC[N@+]2([O-])CCc2cc4c(cc2[C@H]13)OCO4. The lowest BCUT2D eigenvalue weighted by Crippen LogP contribution is -2.58. The maximum absolute atomic E-state index is 14.4. The van der Waals surface area contributed by atoms with E-state index in [2.05, 4.69) is 0 Å². The van der Waals surface area contributed by atoms with Crippen LogP contribution in [0.25, 0.3) is 0 Å². The minimum Gasteiger partial charge on any atom is -0.632 e. The van der Waals surface area contributed by atoms with Crippen LogP contribution in [0.2, 0.25) is 0 Å². The van der Waals surface area contributed by atoms with Gasteiger partial charge in [-0.25, -0.2) is 4.79 Å². The summed E-state index contributed by atoms with van der Waals surface area (Å²) < 4.78 is 27.4. The highest BCUT2D eigenvalue weighted by Crippen LogP contribution is 2.58. The van der Waals surface area contributed by atoms with E-state index in [1.807, 2.05) is 18.2 Å². The lowest BCUT2D eigenvalue weighted by atomic mass is 9.77. The van der Waals surface area contributed by atoms with Gasteiger partial charge in [0.1, 0.15) is 11.3 Å². The van der Waals surface area contributed by atoms with Crippen molar-refractivity contribution in [2.24, 2.45) is 0 Å². The lowest BCUT2D eigenvalue weighted by molar-refractivity contribution is -0.912. The highest BCUT2D eigenvalue weighted by atomic mass is 16.7. The zero-order valence-corrected chi connectivity index (χ0v) is 23.6. The van der Waals surface area contributed by atoms with Crippen molar-refractivity contribution in [2.45, 2.75) is 87.6 Å². The largest absolute Gasteiger partial charge is 0.632 e. The number of nitrogens with zero attached hydrogens (tertiary/aromatic N) is 1. The Kier molecular flexibility index (Phi) is 7.31. The third-order valence-corrected chi connectivity index (χ3v) is 8.97. The minimum absolute atomic E-state index is 0.0980. The first kappa shape index (κ1) is 28.7. The molecule has 1 spiro atoms. The average molecular weight is 562 g/mol. The molecule has 5 rings (SSSR count). The van der Waals surface area contributed by atoms with Gasteiger partial charge in [0.15, 0.2) is 23.2 Å². The molecule has 1 saturated heterocycles. The summed E-state index contributed by atoms with van der Waals surface area (Å²) in [4.78, 5) is 26.0. The van der Waals surface area contributed by atoms with E-state index in [-0.39, 0.29) is 19.6 Å². The number of ether oxygens (including phenoxy) is 5. The van der Waals surface area contributed by atoms with Gasteiger partial charge in [0.05, 0.1) is 45.2 Å². The third kappa shape index (κ3) is 4.82. The second-order valence-electron chi connectivity index (χ2n) is 12.1. The zero-order chi connectivity index (χ0) is 28.9. The maximum Gasteiger partial charge on any atom is 0.339 e. The van der Waals surface area contributed by atoms with Gasteiger partial charge >= 0.3 is 11.9 Å². The van der Waals surface area contributed by atoms with Gasteiger partial charge in [-0.15, -0.1) is 0 Å². The van der Waals surface area contributed by atoms with Crippen molar-refractivity contribution >= 4 is 11.9 Å². The smallest absolute Gasteiger partial charge is 0.339 e. The Morgan fingerprint density at radius 1 is 1.15 bits per heavy atom. The quantitative estimate of drug-likeness (QED) is 0.262. The maximum atomic E-state index is 14.4. The summed E-state index contributed by atoms with van der Waals surface area (Å²) in [5, 5.41) is 36.1. The van der Waals surface area contributed by atoms with Crippen molar-refractivity contribution < 1.29 is 48.1 Å². The van der Waals surface area contributed by atoms with Crippen molar-refractivity contribution in [3.8, 4) is 11.5 Å². The molecule has 1 aromatic rings. The molecule has 3 heterocycles. The zero-order valence-electron chi connectivity index (χ0n) is 23.6. The molecule has 11 nitrogen and oxygen atoms in total. The Balaban J connectivity index is 1.53. The van der Waals surface area contributed by atoms with Crippen LogP contribution in [0, 0.1) is 5.21 Å². The summed E-state index contributed by atoms with van der Waals surface area (Å²) in [6.07, 6.45) is 2.42. The Morgan fingerprint density at radius 2 is 1.88 bits per heavy atom. The predicted molar refractivity (Wildman–Crippen MR) is 141 cm³/mol. The number of methoxy groups -OCH3 is 2. The fraction of sp³-hybridized carbons (Fsp3) is 0.655. The molecule has 0 saturated carbocycles. The molecule has 220 valence electrons. The Bertz CT molecular complexity index is 1210. The fourth-order valence-electron chi connectivity index (χ4n) is 6.95. The van der Waals surface area contributed by atoms with Crippen LogP contribution in [0.4, 0.5) is 0 Å². The van der Waals surface area contributed by atoms with Gasteiger partial charge in [0.25, 0.3) is 0 Å². The van der Waals surface area contributed by atoms with Crippen LogP contribution in [-0.2, 0) is 30.2 Å². The molecule has 0 unspecified atom stereocenters. The highest BCUT2D eigenvalue weighted by Gasteiger charge is 2.64. The molecular formula is C29H39NO10. The Labute approximate surface area is 233 Å². The van der Waals surface area contributed by atoms with Crippen molar-refractivity contribution in [1.82, 2.24) is 0 Å². The number of carbonyl (C=O) groups is 2. The molecule has 4 aliphatic rings. The molecule has 1 aromatic carbocycles. The van der Waals surface area contributed by atoms with Crippen LogP contribution in [0.3, 0.4) is 0 Å². The van der Waals surface area contributed by atoms with Crippen molar-refractivity contribution in [3.05, 3.63) is 40.3 Å². The number of hydroxylamine groups is 3. The summed E-state index contributed by atoms with van der Waals surface area (Å²) in [6.45, 7) is 4.13. The number of hydrogen-bond acceptors (Lipinski definition) is 10. The number of aliphatic hydroxyl groups is 2. The first-order chi connectivity index (χ1) is 18.8. The molecule has 40 heavy (non-hydrogen) atoms. The van der Waals surface area contributed by atoms with Gasteiger partial charge in [-0.3, -0.25) is 4.79 Å². The number of rotatable bonds is 9. The summed E-state index contributed by atoms with van der Waals surface area (Å²) in [5.41, 5.74) is -2.42. The molecule has 3 aliphatic heterocycles. The lowest BCUT2D eigenvalue weighted by Gasteiger charge is -2.52. The van der Waals surface area contributed by atoms with E-state index in [0.29, 0.717) is 56.0 Å². The molecule has 0 radical (unpaired) electrons. The molecule has 0 aromatic heterocycles. The molecule has 0 amide bonds. The fourth-order valence-corrected chi connectivity index (χ4v) is 6.95. The van der Waals surface area contributed by atoms with Crippen molar-refractivity contribution in [3.63, 3.8) is 0 Å². The number of esters is 2. The van der Waals surface area contributed by atoms with E-state index in [0.717, 1.165) is 11.1 Å². The molecular weight excluding hydrogens is 522 g/mol. The van der Waals surface area contributed by atoms with E-state index < -0.39 is 51.8 Å². The highest BCUT2D eigenvalue weighted by molar-refractivity contribution is 5.86. The first-order valence-corrected chi connectivity index (χ1v) is 13.8. The van der Waals surface area contributed by atoms with E-state index in [4.69, 9.17) is 23.7 Å². The van der Waals surface area contributed by atoms with Crippen LogP contribution in [0.1, 0.15) is 69.4 Å². The van der Waals surface area contributed by atoms with Gasteiger partial charge < -0.3 is 43.8 Å². The van der Waals surface area contributed by atoms with Gasteiger partial charge in [-0.05, 0) is 56.4 Å². The predicted octanol–water partition coefficient (Wildman–Crippen LogP) is 2.59.